The van der Waals surface area contributed by atoms with E-state index in [0.717, 1.165) is 19.3 Å². The van der Waals surface area contributed by atoms with Gasteiger partial charge in [-0.25, -0.2) is 4.79 Å². The van der Waals surface area contributed by atoms with Gasteiger partial charge < -0.3 is 15.8 Å². The summed E-state index contributed by atoms with van der Waals surface area (Å²) in [6.45, 7) is 6.46. The average molecular weight is 271 g/mol. The molecule has 0 bridgehead atoms. The molecule has 0 spiro atoms. The fourth-order valence-corrected chi connectivity index (χ4v) is 2.54. The molecule has 0 aromatic rings. The zero-order valence-electron chi connectivity index (χ0n) is 12.0. The van der Waals surface area contributed by atoms with Gasteiger partial charge in [-0.15, -0.1) is 0 Å². The van der Waals surface area contributed by atoms with Gasteiger partial charge in [0.25, 0.3) is 5.91 Å². The number of imide groups is 1. The Morgan fingerprint density at radius 1 is 1.53 bits per heavy atom. The van der Waals surface area contributed by atoms with Crippen LogP contribution in [-0.4, -0.2) is 36.7 Å². The Labute approximate surface area is 114 Å². The van der Waals surface area contributed by atoms with Crippen LogP contribution in [-0.2, 0) is 9.53 Å². The lowest BCUT2D eigenvalue weighted by Crippen LogP contribution is -2.48. The fourth-order valence-electron chi connectivity index (χ4n) is 2.54. The van der Waals surface area contributed by atoms with E-state index in [1.807, 2.05) is 0 Å². The second-order valence-corrected chi connectivity index (χ2v) is 5.34. The molecule has 110 valence electrons. The molecule has 1 aliphatic carbocycles. The lowest BCUT2D eigenvalue weighted by Gasteiger charge is -2.31. The van der Waals surface area contributed by atoms with Crippen LogP contribution in [0.4, 0.5) is 4.79 Å². The first-order chi connectivity index (χ1) is 8.92. The van der Waals surface area contributed by atoms with Crippen molar-refractivity contribution in [1.29, 1.82) is 0 Å². The zero-order valence-corrected chi connectivity index (χ0v) is 12.0. The Hall–Kier alpha value is -1.14. The van der Waals surface area contributed by atoms with E-state index in [-0.39, 0.29) is 0 Å². The predicted octanol–water partition coefficient (Wildman–Crippen LogP) is 0.755. The summed E-state index contributed by atoms with van der Waals surface area (Å²) in [5.74, 6) is 0.125. The van der Waals surface area contributed by atoms with Gasteiger partial charge in [0, 0.05) is 13.1 Å². The van der Waals surface area contributed by atoms with Gasteiger partial charge in [0.05, 0.1) is 5.60 Å². The van der Waals surface area contributed by atoms with Crippen LogP contribution in [0.25, 0.3) is 0 Å². The van der Waals surface area contributed by atoms with E-state index >= 15 is 0 Å². The molecule has 0 aromatic carbocycles. The first-order valence-corrected chi connectivity index (χ1v) is 6.89. The van der Waals surface area contributed by atoms with E-state index in [1.165, 1.54) is 0 Å². The first-order valence-electron chi connectivity index (χ1n) is 6.89. The molecule has 0 aromatic heterocycles. The van der Waals surface area contributed by atoms with Gasteiger partial charge in [-0.1, -0.05) is 6.92 Å². The van der Waals surface area contributed by atoms with Gasteiger partial charge in [-0.3, -0.25) is 10.1 Å². The van der Waals surface area contributed by atoms with Crippen LogP contribution >= 0.6 is 0 Å². The van der Waals surface area contributed by atoms with E-state index < -0.39 is 23.6 Å². The first kappa shape index (κ1) is 15.9. The van der Waals surface area contributed by atoms with Gasteiger partial charge in [-0.05, 0) is 39.0 Å². The maximum Gasteiger partial charge on any atom is 0.321 e. The Morgan fingerprint density at radius 2 is 2.21 bits per heavy atom. The summed E-state index contributed by atoms with van der Waals surface area (Å²) in [7, 11) is 0. The molecule has 4 N–H and O–H groups in total. The maximum absolute atomic E-state index is 11.8. The number of hydrogen-bond acceptors (Lipinski definition) is 4. The molecule has 3 amide bonds. The van der Waals surface area contributed by atoms with Crippen LogP contribution in [0.2, 0.25) is 0 Å². The predicted molar refractivity (Wildman–Crippen MR) is 72.6 cm³/mol. The van der Waals surface area contributed by atoms with Crippen LogP contribution < -0.4 is 16.4 Å². The highest BCUT2D eigenvalue weighted by atomic mass is 16.5. The van der Waals surface area contributed by atoms with Crippen molar-refractivity contribution in [2.45, 2.75) is 51.7 Å². The van der Waals surface area contributed by atoms with Crippen LogP contribution in [0.3, 0.4) is 0 Å². The number of carbonyl (C=O) groups excluding carboxylic acids is 2. The van der Waals surface area contributed by atoms with E-state index in [4.69, 9.17) is 10.5 Å². The molecular formula is C13H25N3O3. The molecule has 0 aliphatic heterocycles. The van der Waals surface area contributed by atoms with E-state index in [0.29, 0.717) is 19.0 Å². The zero-order chi connectivity index (χ0) is 14.5. The molecule has 1 fully saturated rings. The quantitative estimate of drug-likeness (QED) is 0.688. The van der Waals surface area contributed by atoms with Crippen molar-refractivity contribution in [2.75, 3.05) is 13.1 Å². The highest BCUT2D eigenvalue weighted by Crippen LogP contribution is 2.37. The summed E-state index contributed by atoms with van der Waals surface area (Å²) >= 11 is 0. The van der Waals surface area contributed by atoms with Crippen molar-refractivity contribution < 1.29 is 14.3 Å². The molecular weight excluding hydrogens is 246 g/mol. The van der Waals surface area contributed by atoms with Crippen LogP contribution in [0.1, 0.15) is 40.0 Å². The number of nitrogens with one attached hydrogen (secondary N) is 2. The van der Waals surface area contributed by atoms with Gasteiger partial charge >= 0.3 is 6.03 Å². The molecule has 1 aliphatic rings. The highest BCUT2D eigenvalue weighted by molar-refractivity contribution is 5.96. The molecule has 0 heterocycles. The lowest BCUT2D eigenvalue weighted by molar-refractivity contribution is -0.143. The molecule has 6 nitrogen and oxygen atoms in total. The van der Waals surface area contributed by atoms with Gasteiger partial charge in [0.1, 0.15) is 6.10 Å². The van der Waals surface area contributed by atoms with Crippen LogP contribution in [0, 0.1) is 5.92 Å². The average Bonchev–Trinajstić information content (AvgIpc) is 2.71. The minimum absolute atomic E-state index is 0.399. The number of urea groups is 1. The largest absolute Gasteiger partial charge is 0.361 e. The van der Waals surface area contributed by atoms with Crippen molar-refractivity contribution in [3.8, 4) is 0 Å². The van der Waals surface area contributed by atoms with Crippen molar-refractivity contribution in [3.63, 3.8) is 0 Å². The molecule has 0 saturated heterocycles. The third-order valence-electron chi connectivity index (χ3n) is 3.56. The standard InChI is InChI=1S/C13H25N3O3/c1-4-15-12(18)16-11(17)10(3)19-13(8-14)6-5-9(2)7-13/h9-10H,4-8,14H2,1-3H3,(H2,15,16,17,18). The topological polar surface area (TPSA) is 93.5 Å². The van der Waals surface area contributed by atoms with Gasteiger partial charge in [0.15, 0.2) is 0 Å². The number of ether oxygens (including phenoxy) is 1. The van der Waals surface area contributed by atoms with Crippen molar-refractivity contribution in [1.82, 2.24) is 10.6 Å². The van der Waals surface area contributed by atoms with E-state index in [2.05, 4.69) is 17.6 Å². The van der Waals surface area contributed by atoms with E-state index in [1.54, 1.807) is 13.8 Å². The van der Waals surface area contributed by atoms with Crippen molar-refractivity contribution in [3.05, 3.63) is 0 Å². The number of hydrogen-bond donors (Lipinski definition) is 3. The minimum Gasteiger partial charge on any atom is -0.361 e. The summed E-state index contributed by atoms with van der Waals surface area (Å²) in [4.78, 5) is 23.1. The normalized spacial score (nSPS) is 27.9. The van der Waals surface area contributed by atoms with Gasteiger partial charge in [0.2, 0.25) is 0 Å². The molecule has 19 heavy (non-hydrogen) atoms. The highest BCUT2D eigenvalue weighted by Gasteiger charge is 2.39. The third kappa shape index (κ3) is 4.47. The monoisotopic (exact) mass is 271 g/mol. The summed E-state index contributed by atoms with van der Waals surface area (Å²) in [6, 6.07) is -0.496. The Balaban J connectivity index is 2.51. The fraction of sp³-hybridized carbons (Fsp3) is 0.846. The molecule has 1 rings (SSSR count). The molecule has 6 heteroatoms. The number of rotatable bonds is 5. The second kappa shape index (κ2) is 6.86. The van der Waals surface area contributed by atoms with E-state index in [9.17, 15) is 9.59 Å². The number of amides is 3. The number of nitrogens with two attached hydrogens (primary N) is 1. The van der Waals surface area contributed by atoms with Crippen LogP contribution in [0.5, 0.6) is 0 Å². The van der Waals surface area contributed by atoms with Gasteiger partial charge in [-0.2, -0.15) is 0 Å². The summed E-state index contributed by atoms with van der Waals surface area (Å²) in [6.07, 6.45) is 2.10. The summed E-state index contributed by atoms with van der Waals surface area (Å²) in [5, 5.41) is 4.76. The number of carbonyl (C=O) groups is 2. The lowest BCUT2D eigenvalue weighted by atomic mass is 10.0. The molecule has 0 radical (unpaired) electrons. The van der Waals surface area contributed by atoms with Crippen LogP contribution in [0.15, 0.2) is 0 Å². The molecule has 3 atom stereocenters. The minimum atomic E-state index is -0.684. The Morgan fingerprint density at radius 3 is 2.68 bits per heavy atom. The Bertz CT molecular complexity index is 335. The SMILES string of the molecule is CCNC(=O)NC(=O)C(C)OC1(CN)CCC(C)C1. The molecule has 3 unspecified atom stereocenters. The maximum atomic E-state index is 11.8. The smallest absolute Gasteiger partial charge is 0.321 e. The van der Waals surface area contributed by atoms with Crippen molar-refractivity contribution in [2.24, 2.45) is 11.7 Å². The third-order valence-corrected chi connectivity index (χ3v) is 3.56. The summed E-state index contributed by atoms with van der Waals surface area (Å²) in [5.41, 5.74) is 5.37. The Kier molecular flexibility index (Phi) is 5.75. The molecule has 1 saturated carbocycles. The second-order valence-electron chi connectivity index (χ2n) is 5.34. The van der Waals surface area contributed by atoms with Crippen molar-refractivity contribution >= 4 is 11.9 Å². The summed E-state index contributed by atoms with van der Waals surface area (Å²) < 4.78 is 5.84.